The van der Waals surface area contributed by atoms with Crippen molar-refractivity contribution < 1.29 is 45.5 Å². The molecule has 0 saturated carbocycles. The summed E-state index contributed by atoms with van der Waals surface area (Å²) in [6.07, 6.45) is -6.36. The lowest BCUT2D eigenvalue weighted by Gasteiger charge is -2.19. The van der Waals surface area contributed by atoms with Gasteiger partial charge in [0.15, 0.2) is 11.4 Å². The molecule has 2 atom stereocenters. The third kappa shape index (κ3) is 10.3. The molecule has 0 fully saturated rings. The molecule has 0 spiro atoms. The van der Waals surface area contributed by atoms with Crippen LogP contribution < -0.4 is 20.4 Å². The first kappa shape index (κ1) is 45.2. The Labute approximate surface area is 367 Å². The zero-order chi connectivity index (χ0) is 46.1. The molecule has 64 heavy (non-hydrogen) atoms. The molecule has 4 aromatic heterocycles. The number of likely N-dealkylation sites (N-methyl/N-ethyl adjacent to an activating group) is 2. The van der Waals surface area contributed by atoms with E-state index in [2.05, 4.69) is 41.0 Å². The molecule has 26 heteroatoms. The van der Waals surface area contributed by atoms with E-state index in [0.29, 0.717) is 23.1 Å². The number of anilines is 2. The number of nitrogens with one attached hydrogen (secondary N) is 2. The second kappa shape index (κ2) is 18.1. The highest BCUT2D eigenvalue weighted by atomic mass is 35.5. The van der Waals surface area contributed by atoms with E-state index in [9.17, 15) is 45.5 Å². The van der Waals surface area contributed by atoms with E-state index in [4.69, 9.17) is 23.2 Å². The van der Waals surface area contributed by atoms with Crippen LogP contribution in [0.5, 0.6) is 0 Å². The van der Waals surface area contributed by atoms with Crippen LogP contribution in [0.3, 0.4) is 0 Å². The van der Waals surface area contributed by atoms with E-state index in [0.717, 1.165) is 42.4 Å². The van der Waals surface area contributed by atoms with Gasteiger partial charge in [-0.3, -0.25) is 29.0 Å². The molecule has 4 amide bonds. The number of fused-ring (bicyclic) bond motifs is 2. The molecule has 0 aliphatic carbocycles. The van der Waals surface area contributed by atoms with E-state index in [1.54, 1.807) is 36.4 Å². The number of alkyl halides is 6. The molecule has 336 valence electrons. The third-order valence-corrected chi connectivity index (χ3v) is 10.3. The van der Waals surface area contributed by atoms with Crippen molar-refractivity contribution in [3.8, 4) is 0 Å². The number of aromatic nitrogens is 10. The van der Waals surface area contributed by atoms with Crippen LogP contribution in [0.4, 0.5) is 38.0 Å². The topological polar surface area (TPSA) is 196 Å². The lowest BCUT2D eigenvalue weighted by Crippen LogP contribution is -2.47. The van der Waals surface area contributed by atoms with Crippen LogP contribution in [0.2, 0.25) is 10.0 Å². The summed E-state index contributed by atoms with van der Waals surface area (Å²) in [5.74, 6) is -2.74. The second-order valence-electron chi connectivity index (χ2n) is 14.4. The maximum atomic E-state index is 12.9. The fourth-order valence-electron chi connectivity index (χ4n) is 6.71. The normalized spacial score (nSPS) is 16.6. The van der Waals surface area contributed by atoms with Gasteiger partial charge in [0.25, 0.3) is 23.6 Å². The smallest absolute Gasteiger partial charge is 0.337 e. The second-order valence-corrected chi connectivity index (χ2v) is 15.3. The highest BCUT2D eigenvalue weighted by molar-refractivity contribution is 6.30. The lowest BCUT2D eigenvalue weighted by molar-refractivity contribution is -0.142. The van der Waals surface area contributed by atoms with Crippen molar-refractivity contribution in [2.45, 2.75) is 63.5 Å². The van der Waals surface area contributed by atoms with Crippen molar-refractivity contribution in [1.29, 1.82) is 0 Å². The quantitative estimate of drug-likeness (QED) is 0.202. The summed E-state index contributed by atoms with van der Waals surface area (Å²) in [6.45, 7) is 0.718. The summed E-state index contributed by atoms with van der Waals surface area (Å²) >= 11 is 11.9. The van der Waals surface area contributed by atoms with E-state index in [1.165, 1.54) is 36.1 Å². The molecule has 2 aliphatic rings. The first-order valence-electron chi connectivity index (χ1n) is 19.0. The Hall–Kier alpha value is -6.82. The zero-order valence-electron chi connectivity index (χ0n) is 33.3. The molecule has 0 bridgehead atoms. The van der Waals surface area contributed by atoms with Crippen LogP contribution in [0, 0.1) is 0 Å². The fraction of sp³-hybridized carbons (Fsp3) is 0.316. The third-order valence-electron chi connectivity index (χ3n) is 9.86. The van der Waals surface area contributed by atoms with Crippen LogP contribution in [0.25, 0.3) is 0 Å². The van der Waals surface area contributed by atoms with Crippen molar-refractivity contribution >= 4 is 58.5 Å². The zero-order valence-corrected chi connectivity index (χ0v) is 34.9. The van der Waals surface area contributed by atoms with E-state index in [1.807, 2.05) is 12.1 Å². The molecule has 0 radical (unpaired) electrons. The van der Waals surface area contributed by atoms with Gasteiger partial charge in [0.2, 0.25) is 11.6 Å². The average molecular weight is 936 g/mol. The minimum absolute atomic E-state index is 0.00278. The van der Waals surface area contributed by atoms with Crippen molar-refractivity contribution in [3.63, 3.8) is 0 Å². The number of benzene rings is 2. The van der Waals surface area contributed by atoms with E-state index < -0.39 is 59.5 Å². The Balaban J connectivity index is 0.000000191. The molecule has 0 saturated heterocycles. The highest BCUT2D eigenvalue weighted by Crippen LogP contribution is 2.33. The Kier molecular flexibility index (Phi) is 12.8. The largest absolute Gasteiger partial charge is 0.435 e. The molecule has 18 nitrogen and oxygen atoms in total. The van der Waals surface area contributed by atoms with Crippen molar-refractivity contribution in [2.24, 2.45) is 0 Å². The van der Waals surface area contributed by atoms with Gasteiger partial charge in [-0.15, -0.1) is 10.2 Å². The number of nitrogens with zero attached hydrogens (tertiary/aromatic N) is 12. The van der Waals surface area contributed by atoms with Gasteiger partial charge in [0.05, 0.1) is 13.1 Å². The maximum absolute atomic E-state index is 12.9. The summed E-state index contributed by atoms with van der Waals surface area (Å²) in [7, 11) is 2.66. The molecular formula is C38H34Cl2F6N14O4. The first-order chi connectivity index (χ1) is 30.2. The Morgan fingerprint density at radius 3 is 1.39 bits per heavy atom. The molecule has 0 unspecified atom stereocenters. The van der Waals surface area contributed by atoms with Crippen LogP contribution in [0.15, 0.2) is 73.3 Å². The number of aryl methyl sites for hydroxylation is 2. The van der Waals surface area contributed by atoms with Gasteiger partial charge in [0, 0.05) is 49.4 Å². The summed E-state index contributed by atoms with van der Waals surface area (Å²) in [4.78, 5) is 60.7. The van der Waals surface area contributed by atoms with Crippen LogP contribution >= 0.6 is 23.2 Å². The van der Waals surface area contributed by atoms with Gasteiger partial charge in [-0.25, -0.2) is 28.7 Å². The molecular weight excluding hydrogens is 901 g/mol. The predicted octanol–water partition coefficient (Wildman–Crippen LogP) is 4.72. The SMILES string of the molecule is CN1C(=O)[C@@H](NC(=O)c2ncn(Cc3cccc(Cl)c3)n2)CCn2nc(C(F)(F)F)cc21.CN1C(=O)[C@H](NC(=O)c2ncn(Cc3cccc(Cl)c3)n2)CCn2nc(C(F)(F)F)cc21. The fourth-order valence-corrected chi connectivity index (χ4v) is 7.14. The number of carbonyl (C=O) groups is 4. The Morgan fingerprint density at radius 1 is 0.641 bits per heavy atom. The highest BCUT2D eigenvalue weighted by Gasteiger charge is 2.40. The van der Waals surface area contributed by atoms with Gasteiger partial charge in [0.1, 0.15) is 36.4 Å². The van der Waals surface area contributed by atoms with E-state index >= 15 is 0 Å². The van der Waals surface area contributed by atoms with Crippen LogP contribution in [-0.4, -0.2) is 98.9 Å². The molecule has 2 N–H and O–H groups in total. The molecule has 2 aromatic carbocycles. The average Bonchev–Trinajstić information content (AvgIpc) is 4.05. The van der Waals surface area contributed by atoms with Gasteiger partial charge in [-0.1, -0.05) is 47.5 Å². The lowest BCUT2D eigenvalue weighted by atomic mass is 10.2. The number of amides is 4. The summed E-state index contributed by atoms with van der Waals surface area (Å²) in [5, 5.41) is 21.6. The number of carbonyl (C=O) groups excluding carboxylic acids is 4. The first-order valence-corrected chi connectivity index (χ1v) is 19.7. The Morgan fingerprint density at radius 2 is 1.03 bits per heavy atom. The number of halogens is 8. The minimum atomic E-state index is -4.62. The standard InChI is InChI=1S/2C19H17ClF3N7O2/c2*1-28-15-8-14(19(21,22)23)26-30(15)6-5-13(18(28)32)25-17(31)16-24-10-29(27-16)9-11-3-2-4-12(20)7-11/h2*2-4,7-8,10,13H,5-6,9H2,1H3,(H,25,31)/t2*13-/m10/s1. The summed E-state index contributed by atoms with van der Waals surface area (Å²) < 4.78 is 82.7. The van der Waals surface area contributed by atoms with E-state index in [-0.39, 0.29) is 49.2 Å². The predicted molar refractivity (Wildman–Crippen MR) is 214 cm³/mol. The van der Waals surface area contributed by atoms with Crippen LogP contribution in [0.1, 0.15) is 56.6 Å². The van der Waals surface area contributed by atoms with Crippen molar-refractivity contribution in [2.75, 3.05) is 23.9 Å². The van der Waals surface area contributed by atoms with Crippen molar-refractivity contribution in [1.82, 2.24) is 59.7 Å². The number of rotatable bonds is 8. The van der Waals surface area contributed by atoms with Gasteiger partial charge < -0.3 is 10.6 Å². The minimum Gasteiger partial charge on any atom is -0.337 e. The van der Waals surface area contributed by atoms with Crippen molar-refractivity contribution in [3.05, 3.63) is 118 Å². The number of hydrogen-bond donors (Lipinski definition) is 2. The summed E-state index contributed by atoms with van der Waals surface area (Å²) in [5.41, 5.74) is -0.432. The monoisotopic (exact) mass is 934 g/mol. The molecule has 8 rings (SSSR count). The van der Waals surface area contributed by atoms with Gasteiger partial charge in [-0.05, 0) is 48.2 Å². The number of hydrogen-bond acceptors (Lipinski definition) is 10. The van der Waals surface area contributed by atoms with Gasteiger partial charge in [-0.2, -0.15) is 36.5 Å². The van der Waals surface area contributed by atoms with Gasteiger partial charge >= 0.3 is 12.4 Å². The molecule has 6 heterocycles. The maximum Gasteiger partial charge on any atom is 0.435 e. The molecule has 6 aromatic rings. The molecule has 2 aliphatic heterocycles. The summed E-state index contributed by atoms with van der Waals surface area (Å²) in [6, 6.07) is 14.0. The van der Waals surface area contributed by atoms with Crippen LogP contribution in [-0.2, 0) is 48.1 Å². The Bertz CT molecular complexity index is 2530.